The number of rotatable bonds is 6. The Morgan fingerprint density at radius 1 is 1.40 bits per heavy atom. The van der Waals surface area contributed by atoms with Crippen molar-refractivity contribution in [3.8, 4) is 0 Å². The molecule has 15 heavy (non-hydrogen) atoms. The molecule has 1 aliphatic carbocycles. The van der Waals surface area contributed by atoms with Crippen molar-refractivity contribution in [3.63, 3.8) is 0 Å². The maximum atomic E-state index is 11.4. The molecule has 0 radical (unpaired) electrons. The molecule has 0 heterocycles. The molecule has 0 aliphatic heterocycles. The lowest BCUT2D eigenvalue weighted by Gasteiger charge is -2.19. The van der Waals surface area contributed by atoms with E-state index >= 15 is 0 Å². The van der Waals surface area contributed by atoms with Crippen LogP contribution in [0.15, 0.2) is 0 Å². The van der Waals surface area contributed by atoms with Gasteiger partial charge in [0.05, 0.1) is 13.1 Å². The number of carbonyl (C=O) groups is 2. The van der Waals surface area contributed by atoms with Crippen molar-refractivity contribution in [2.75, 3.05) is 13.1 Å². The lowest BCUT2D eigenvalue weighted by Crippen LogP contribution is -2.42. The zero-order valence-corrected chi connectivity index (χ0v) is 9.19. The highest BCUT2D eigenvalue weighted by atomic mass is 16.4. The molecule has 1 amide bonds. The number of hydrogen-bond donors (Lipinski definition) is 2. The topological polar surface area (TPSA) is 69.6 Å². The number of carbonyl (C=O) groups excluding carboxylic acids is 1. The molecular formula is C10H18N2O3. The number of nitrogens with zero attached hydrogens (tertiary/aromatic N) is 1. The molecule has 0 atom stereocenters. The first-order chi connectivity index (χ1) is 6.99. The second-order valence-electron chi connectivity index (χ2n) is 4.25. The Bertz CT molecular complexity index is 249. The molecule has 0 saturated heterocycles. The molecule has 0 aromatic heterocycles. The fourth-order valence-electron chi connectivity index (χ4n) is 1.48. The van der Waals surface area contributed by atoms with Crippen LogP contribution in [0.25, 0.3) is 0 Å². The van der Waals surface area contributed by atoms with Gasteiger partial charge >= 0.3 is 5.97 Å². The molecule has 86 valence electrons. The van der Waals surface area contributed by atoms with Gasteiger partial charge in [0.2, 0.25) is 5.91 Å². The molecule has 1 fully saturated rings. The fourth-order valence-corrected chi connectivity index (χ4v) is 1.48. The molecule has 0 aromatic rings. The van der Waals surface area contributed by atoms with Crippen LogP contribution in [0.1, 0.15) is 26.7 Å². The lowest BCUT2D eigenvalue weighted by molar-refractivity contribution is -0.138. The normalized spacial score (nSPS) is 15.7. The highest BCUT2D eigenvalue weighted by Crippen LogP contribution is 2.26. The van der Waals surface area contributed by atoms with Crippen LogP contribution < -0.4 is 5.32 Å². The van der Waals surface area contributed by atoms with E-state index in [1.54, 1.807) is 4.90 Å². The van der Waals surface area contributed by atoms with Gasteiger partial charge in [-0.1, -0.05) is 0 Å². The van der Waals surface area contributed by atoms with Gasteiger partial charge in [0, 0.05) is 12.1 Å². The van der Waals surface area contributed by atoms with Crippen molar-refractivity contribution in [3.05, 3.63) is 0 Å². The average Bonchev–Trinajstić information content (AvgIpc) is 2.81. The summed E-state index contributed by atoms with van der Waals surface area (Å²) in [6.45, 7) is 3.92. The molecule has 1 saturated carbocycles. The number of carboxylic acids is 1. The zero-order chi connectivity index (χ0) is 11.4. The number of carboxylic acid groups (broad SMARTS) is 1. The molecule has 0 unspecified atom stereocenters. The Morgan fingerprint density at radius 2 is 2.00 bits per heavy atom. The summed E-state index contributed by atoms with van der Waals surface area (Å²) in [6, 6.07) is 0.391. The summed E-state index contributed by atoms with van der Waals surface area (Å²) in [5.41, 5.74) is 0. The third kappa shape index (κ3) is 4.78. The number of hydrogen-bond acceptors (Lipinski definition) is 3. The minimum Gasteiger partial charge on any atom is -0.480 e. The smallest absolute Gasteiger partial charge is 0.317 e. The Morgan fingerprint density at radius 3 is 2.40 bits per heavy atom. The van der Waals surface area contributed by atoms with Gasteiger partial charge in [-0.15, -0.1) is 0 Å². The summed E-state index contributed by atoms with van der Waals surface area (Å²) in [6.07, 6.45) is 2.00. The molecule has 0 spiro atoms. The van der Waals surface area contributed by atoms with E-state index < -0.39 is 5.97 Å². The Balaban J connectivity index is 2.36. The zero-order valence-electron chi connectivity index (χ0n) is 9.19. The third-order valence-corrected chi connectivity index (χ3v) is 2.20. The number of aliphatic carboxylic acids is 1. The Hall–Kier alpha value is -1.10. The first-order valence-electron chi connectivity index (χ1n) is 5.24. The van der Waals surface area contributed by atoms with Crippen LogP contribution in [0.2, 0.25) is 0 Å². The molecule has 0 bridgehead atoms. The van der Waals surface area contributed by atoms with Crippen LogP contribution in [0.4, 0.5) is 0 Å². The van der Waals surface area contributed by atoms with E-state index in [1.807, 2.05) is 13.8 Å². The van der Waals surface area contributed by atoms with Gasteiger partial charge in [0.15, 0.2) is 0 Å². The van der Waals surface area contributed by atoms with E-state index in [9.17, 15) is 9.59 Å². The molecule has 0 aromatic carbocycles. The SMILES string of the molecule is CC(C)NC(=O)CN(CC(=O)O)C1CC1. The maximum Gasteiger partial charge on any atom is 0.317 e. The second kappa shape index (κ2) is 5.11. The Kier molecular flexibility index (Phi) is 4.08. The highest BCUT2D eigenvalue weighted by molar-refractivity contribution is 5.79. The number of nitrogens with one attached hydrogen (secondary N) is 1. The van der Waals surface area contributed by atoms with Gasteiger partial charge in [-0.05, 0) is 26.7 Å². The fraction of sp³-hybridized carbons (Fsp3) is 0.800. The molecule has 1 rings (SSSR count). The van der Waals surface area contributed by atoms with E-state index in [-0.39, 0.29) is 25.0 Å². The largest absolute Gasteiger partial charge is 0.480 e. The first-order valence-corrected chi connectivity index (χ1v) is 5.24. The lowest BCUT2D eigenvalue weighted by atomic mass is 10.3. The summed E-state index contributed by atoms with van der Waals surface area (Å²) in [5.74, 6) is -0.975. The predicted octanol–water partition coefficient (Wildman–Crippen LogP) is 0.0600. The quantitative estimate of drug-likeness (QED) is 0.656. The molecular weight excluding hydrogens is 196 g/mol. The summed E-state index contributed by atoms with van der Waals surface area (Å²) in [4.78, 5) is 23.7. The van der Waals surface area contributed by atoms with Crippen molar-refractivity contribution in [2.45, 2.75) is 38.8 Å². The van der Waals surface area contributed by atoms with E-state index in [1.165, 1.54) is 0 Å². The van der Waals surface area contributed by atoms with Crippen LogP contribution in [0, 0.1) is 0 Å². The molecule has 5 nitrogen and oxygen atoms in total. The van der Waals surface area contributed by atoms with Gasteiger partial charge in [-0.2, -0.15) is 0 Å². The third-order valence-electron chi connectivity index (χ3n) is 2.20. The standard InChI is InChI=1S/C10H18N2O3/c1-7(2)11-9(13)5-12(6-10(14)15)8-3-4-8/h7-8H,3-6H2,1-2H3,(H,11,13)(H,14,15). The molecule has 2 N–H and O–H groups in total. The second-order valence-corrected chi connectivity index (χ2v) is 4.25. The van der Waals surface area contributed by atoms with Crippen LogP contribution in [0.3, 0.4) is 0 Å². The van der Waals surface area contributed by atoms with Crippen molar-refractivity contribution in [1.82, 2.24) is 10.2 Å². The maximum absolute atomic E-state index is 11.4. The van der Waals surface area contributed by atoms with Crippen molar-refractivity contribution in [1.29, 1.82) is 0 Å². The summed E-state index contributed by atoms with van der Waals surface area (Å²) >= 11 is 0. The monoisotopic (exact) mass is 214 g/mol. The first kappa shape index (κ1) is 12.0. The summed E-state index contributed by atoms with van der Waals surface area (Å²) in [7, 11) is 0. The number of amides is 1. The van der Waals surface area contributed by atoms with E-state index in [4.69, 9.17) is 5.11 Å². The van der Waals surface area contributed by atoms with Gasteiger partial charge in [0.1, 0.15) is 0 Å². The average molecular weight is 214 g/mol. The highest BCUT2D eigenvalue weighted by Gasteiger charge is 2.31. The van der Waals surface area contributed by atoms with Gasteiger partial charge in [-0.3, -0.25) is 14.5 Å². The van der Waals surface area contributed by atoms with Crippen LogP contribution >= 0.6 is 0 Å². The van der Waals surface area contributed by atoms with Crippen molar-refractivity contribution in [2.24, 2.45) is 0 Å². The molecule has 5 heteroatoms. The van der Waals surface area contributed by atoms with Crippen LogP contribution in [-0.4, -0.2) is 47.1 Å². The predicted molar refractivity (Wildman–Crippen MR) is 55.5 cm³/mol. The Labute approximate surface area is 89.4 Å². The van der Waals surface area contributed by atoms with E-state index in [0.717, 1.165) is 12.8 Å². The van der Waals surface area contributed by atoms with Crippen LogP contribution in [0.5, 0.6) is 0 Å². The van der Waals surface area contributed by atoms with Crippen LogP contribution in [-0.2, 0) is 9.59 Å². The minimum atomic E-state index is -0.876. The minimum absolute atomic E-state index is 0.0455. The van der Waals surface area contributed by atoms with E-state index in [2.05, 4.69) is 5.32 Å². The van der Waals surface area contributed by atoms with Crippen molar-refractivity contribution >= 4 is 11.9 Å². The summed E-state index contributed by atoms with van der Waals surface area (Å²) < 4.78 is 0. The van der Waals surface area contributed by atoms with E-state index in [0.29, 0.717) is 6.04 Å². The van der Waals surface area contributed by atoms with Gasteiger partial charge < -0.3 is 10.4 Å². The van der Waals surface area contributed by atoms with Gasteiger partial charge in [-0.25, -0.2) is 0 Å². The van der Waals surface area contributed by atoms with Gasteiger partial charge in [0.25, 0.3) is 0 Å². The summed E-state index contributed by atoms with van der Waals surface area (Å²) in [5, 5.41) is 11.4. The van der Waals surface area contributed by atoms with Crippen molar-refractivity contribution < 1.29 is 14.7 Å². The molecule has 1 aliphatic rings.